The average molecular weight is 262 g/mol. The van der Waals surface area contributed by atoms with E-state index in [2.05, 4.69) is 15.9 Å². The molecule has 0 unspecified atom stereocenters. The Kier molecular flexibility index (Phi) is 3.74. The molecule has 0 bridgehead atoms. The Labute approximate surface area is 88.8 Å². The van der Waals surface area contributed by atoms with Crippen molar-refractivity contribution >= 4 is 33.4 Å². The summed E-state index contributed by atoms with van der Waals surface area (Å²) in [7, 11) is 0. The van der Waals surface area contributed by atoms with Crippen LogP contribution >= 0.6 is 27.7 Å². The van der Waals surface area contributed by atoms with Gasteiger partial charge >= 0.3 is 0 Å². The quantitative estimate of drug-likeness (QED) is 0.476. The van der Waals surface area contributed by atoms with Gasteiger partial charge in [0, 0.05) is 10.5 Å². The van der Waals surface area contributed by atoms with E-state index in [1.54, 1.807) is 6.07 Å². The highest BCUT2D eigenvalue weighted by atomic mass is 79.9. The van der Waals surface area contributed by atoms with Gasteiger partial charge in [0.1, 0.15) is 0 Å². The number of thioether (sulfide) groups is 1. The van der Waals surface area contributed by atoms with Gasteiger partial charge in [-0.2, -0.15) is 0 Å². The Morgan fingerprint density at radius 1 is 1.62 bits per heavy atom. The zero-order valence-electron chi connectivity index (χ0n) is 6.99. The second-order valence-electron chi connectivity index (χ2n) is 2.28. The molecule has 0 aromatic heterocycles. The minimum absolute atomic E-state index is 0.168. The van der Waals surface area contributed by atoms with Crippen LogP contribution in [0.1, 0.15) is 6.92 Å². The maximum absolute atomic E-state index is 10.6. The first-order valence-electron chi connectivity index (χ1n) is 3.72. The van der Waals surface area contributed by atoms with Crippen molar-refractivity contribution in [2.75, 3.05) is 5.75 Å². The first kappa shape index (κ1) is 10.5. The van der Waals surface area contributed by atoms with Crippen molar-refractivity contribution in [2.45, 2.75) is 11.8 Å². The van der Waals surface area contributed by atoms with Crippen LogP contribution in [0, 0.1) is 10.1 Å². The van der Waals surface area contributed by atoms with E-state index in [4.69, 9.17) is 0 Å². The van der Waals surface area contributed by atoms with Gasteiger partial charge < -0.3 is 0 Å². The van der Waals surface area contributed by atoms with Crippen molar-refractivity contribution in [1.29, 1.82) is 0 Å². The van der Waals surface area contributed by atoms with Crippen molar-refractivity contribution in [3.63, 3.8) is 0 Å². The molecule has 0 N–H and O–H groups in total. The van der Waals surface area contributed by atoms with E-state index >= 15 is 0 Å². The van der Waals surface area contributed by atoms with E-state index in [1.165, 1.54) is 17.8 Å². The molecule has 1 aromatic rings. The summed E-state index contributed by atoms with van der Waals surface area (Å²) in [4.78, 5) is 11.0. The van der Waals surface area contributed by atoms with Gasteiger partial charge in [0.05, 0.1) is 9.82 Å². The highest BCUT2D eigenvalue weighted by Crippen LogP contribution is 2.35. The van der Waals surface area contributed by atoms with Gasteiger partial charge in [-0.3, -0.25) is 10.1 Å². The van der Waals surface area contributed by atoms with Crippen LogP contribution in [0.3, 0.4) is 0 Å². The van der Waals surface area contributed by atoms with Gasteiger partial charge in [-0.1, -0.05) is 13.0 Å². The molecule has 0 heterocycles. The molecule has 0 spiro atoms. The molecule has 1 rings (SSSR count). The first-order chi connectivity index (χ1) is 6.16. The summed E-state index contributed by atoms with van der Waals surface area (Å²) < 4.78 is 0.786. The molecule has 0 aliphatic rings. The van der Waals surface area contributed by atoms with Crippen LogP contribution in [0.25, 0.3) is 0 Å². The number of nitrogens with zero attached hydrogens (tertiary/aromatic N) is 1. The molecular formula is C8H8BrNO2S. The summed E-state index contributed by atoms with van der Waals surface area (Å²) in [6, 6.07) is 5.00. The highest BCUT2D eigenvalue weighted by Gasteiger charge is 2.15. The van der Waals surface area contributed by atoms with E-state index in [0.717, 1.165) is 10.2 Å². The summed E-state index contributed by atoms with van der Waals surface area (Å²) in [6.07, 6.45) is 0. The van der Waals surface area contributed by atoms with Crippen LogP contribution in [0.2, 0.25) is 0 Å². The fourth-order valence-corrected chi connectivity index (χ4v) is 2.41. The molecule has 3 nitrogen and oxygen atoms in total. The van der Waals surface area contributed by atoms with Crippen molar-refractivity contribution < 1.29 is 4.92 Å². The minimum atomic E-state index is -0.358. The Morgan fingerprint density at radius 3 is 2.85 bits per heavy atom. The minimum Gasteiger partial charge on any atom is -0.258 e. The summed E-state index contributed by atoms with van der Waals surface area (Å²) in [5, 5.41) is 10.6. The number of nitro benzene ring substituents is 1. The van der Waals surface area contributed by atoms with E-state index in [9.17, 15) is 10.1 Å². The Bertz CT molecular complexity index is 330. The molecule has 70 valence electrons. The molecule has 5 heteroatoms. The lowest BCUT2D eigenvalue weighted by Crippen LogP contribution is -1.91. The molecule has 1 aromatic carbocycles. The van der Waals surface area contributed by atoms with Gasteiger partial charge in [0.15, 0.2) is 0 Å². The molecule has 0 aliphatic carbocycles. The fraction of sp³-hybridized carbons (Fsp3) is 0.250. The van der Waals surface area contributed by atoms with Crippen LogP contribution in [0.5, 0.6) is 0 Å². The molecule has 0 saturated carbocycles. The molecule has 0 radical (unpaired) electrons. The average Bonchev–Trinajstić information content (AvgIpc) is 2.08. The lowest BCUT2D eigenvalue weighted by Gasteiger charge is -2.02. The number of nitro groups is 1. The van der Waals surface area contributed by atoms with E-state index < -0.39 is 0 Å². The van der Waals surface area contributed by atoms with Crippen LogP contribution in [0.15, 0.2) is 27.6 Å². The molecule has 0 saturated heterocycles. The lowest BCUT2D eigenvalue weighted by atomic mass is 10.3. The van der Waals surface area contributed by atoms with Gasteiger partial charge in [-0.15, -0.1) is 11.8 Å². The molecule has 0 atom stereocenters. The second kappa shape index (κ2) is 4.62. The van der Waals surface area contributed by atoms with Crippen molar-refractivity contribution in [3.05, 3.63) is 32.8 Å². The topological polar surface area (TPSA) is 43.1 Å². The third-order valence-corrected chi connectivity index (χ3v) is 3.36. The summed E-state index contributed by atoms with van der Waals surface area (Å²) in [6.45, 7) is 1.97. The van der Waals surface area contributed by atoms with Crippen LogP contribution in [0.4, 0.5) is 5.69 Å². The number of hydrogen-bond acceptors (Lipinski definition) is 3. The zero-order valence-corrected chi connectivity index (χ0v) is 9.39. The summed E-state index contributed by atoms with van der Waals surface area (Å²) in [5.41, 5.74) is 0.168. The van der Waals surface area contributed by atoms with Crippen LogP contribution in [-0.2, 0) is 0 Å². The molecule has 0 aliphatic heterocycles. The molecular weight excluding hydrogens is 254 g/mol. The monoisotopic (exact) mass is 261 g/mol. The predicted octanol–water partition coefficient (Wildman–Crippen LogP) is 3.47. The van der Waals surface area contributed by atoms with Gasteiger partial charge in [0.2, 0.25) is 0 Å². The van der Waals surface area contributed by atoms with E-state index in [1.807, 2.05) is 13.0 Å². The SMILES string of the molecule is CCSc1c(Br)cccc1[N+](=O)[O-]. The maximum Gasteiger partial charge on any atom is 0.284 e. The fourth-order valence-electron chi connectivity index (χ4n) is 0.928. The Balaban J connectivity index is 3.17. The highest BCUT2D eigenvalue weighted by molar-refractivity contribution is 9.10. The van der Waals surface area contributed by atoms with Gasteiger partial charge in [-0.25, -0.2) is 0 Å². The number of benzene rings is 1. The molecule has 13 heavy (non-hydrogen) atoms. The Morgan fingerprint density at radius 2 is 2.31 bits per heavy atom. The van der Waals surface area contributed by atoms with Crippen molar-refractivity contribution in [3.8, 4) is 0 Å². The summed E-state index contributed by atoms with van der Waals surface area (Å²) >= 11 is 4.76. The normalized spacial score (nSPS) is 10.0. The van der Waals surface area contributed by atoms with Gasteiger partial charge in [0.25, 0.3) is 5.69 Å². The summed E-state index contributed by atoms with van der Waals surface area (Å²) in [5.74, 6) is 0.823. The van der Waals surface area contributed by atoms with Crippen LogP contribution in [-0.4, -0.2) is 10.7 Å². The predicted molar refractivity (Wildman–Crippen MR) is 57.2 cm³/mol. The Hall–Kier alpha value is -0.550. The number of hydrogen-bond donors (Lipinski definition) is 0. The maximum atomic E-state index is 10.6. The second-order valence-corrected chi connectivity index (χ2v) is 4.41. The largest absolute Gasteiger partial charge is 0.284 e. The van der Waals surface area contributed by atoms with Gasteiger partial charge in [-0.05, 0) is 27.7 Å². The van der Waals surface area contributed by atoms with E-state index in [0.29, 0.717) is 4.90 Å². The van der Waals surface area contributed by atoms with E-state index in [-0.39, 0.29) is 10.6 Å². The standard InChI is InChI=1S/C8H8BrNO2S/c1-2-13-8-6(9)4-3-5-7(8)10(11)12/h3-5H,2H2,1H3. The third kappa shape index (κ3) is 2.45. The third-order valence-electron chi connectivity index (χ3n) is 1.43. The lowest BCUT2D eigenvalue weighted by molar-refractivity contribution is -0.387. The van der Waals surface area contributed by atoms with Crippen LogP contribution < -0.4 is 0 Å². The smallest absolute Gasteiger partial charge is 0.258 e. The molecule has 0 fully saturated rings. The zero-order chi connectivity index (χ0) is 9.84. The number of rotatable bonds is 3. The van der Waals surface area contributed by atoms with Crippen molar-refractivity contribution in [1.82, 2.24) is 0 Å². The number of halogens is 1. The molecule has 0 amide bonds. The van der Waals surface area contributed by atoms with Crippen molar-refractivity contribution in [2.24, 2.45) is 0 Å². The first-order valence-corrected chi connectivity index (χ1v) is 5.50.